The van der Waals surface area contributed by atoms with Crippen LogP contribution in [0.4, 0.5) is 5.69 Å². The van der Waals surface area contributed by atoms with E-state index in [2.05, 4.69) is 15.9 Å². The molecule has 0 saturated heterocycles. The fourth-order valence-electron chi connectivity index (χ4n) is 1.73. The predicted octanol–water partition coefficient (Wildman–Crippen LogP) is 4.24. The summed E-state index contributed by atoms with van der Waals surface area (Å²) in [7, 11) is 0. The Morgan fingerprint density at radius 2 is 1.89 bits per heavy atom. The van der Waals surface area contributed by atoms with Crippen molar-refractivity contribution in [2.75, 3.05) is 0 Å². The molecule has 0 saturated carbocycles. The van der Waals surface area contributed by atoms with Crippen LogP contribution in [0.1, 0.15) is 11.1 Å². The highest BCUT2D eigenvalue weighted by molar-refractivity contribution is 9.10. The molecule has 0 heterocycles. The average Bonchev–Trinajstić information content (AvgIpc) is 2.41. The van der Waals surface area contributed by atoms with Gasteiger partial charge in [-0.2, -0.15) is 0 Å². The Kier molecular flexibility index (Phi) is 4.16. The van der Waals surface area contributed by atoms with E-state index in [0.29, 0.717) is 16.6 Å². The van der Waals surface area contributed by atoms with Gasteiger partial charge < -0.3 is 4.74 Å². The van der Waals surface area contributed by atoms with Crippen molar-refractivity contribution in [3.63, 3.8) is 0 Å². The molecule has 5 heteroatoms. The van der Waals surface area contributed by atoms with Gasteiger partial charge in [0, 0.05) is 10.0 Å². The maximum atomic E-state index is 11.1. The van der Waals surface area contributed by atoms with Crippen LogP contribution in [-0.4, -0.2) is 4.92 Å². The summed E-state index contributed by atoms with van der Waals surface area (Å²) in [4.78, 5) is 10.7. The van der Waals surface area contributed by atoms with Gasteiger partial charge in [0.1, 0.15) is 6.61 Å². The molecule has 0 aliphatic carbocycles. The van der Waals surface area contributed by atoms with Gasteiger partial charge in [0.2, 0.25) is 0 Å². The predicted molar refractivity (Wildman–Crippen MR) is 76.3 cm³/mol. The number of hydrogen-bond acceptors (Lipinski definition) is 3. The summed E-state index contributed by atoms with van der Waals surface area (Å²) in [5, 5.41) is 11.1. The minimum absolute atomic E-state index is 0.00491. The minimum atomic E-state index is -0.416. The van der Waals surface area contributed by atoms with Crippen LogP contribution >= 0.6 is 15.9 Å². The molecular formula is C14H12BrNO3. The summed E-state index contributed by atoms with van der Waals surface area (Å²) in [6, 6.07) is 12.9. The smallest absolute Gasteiger partial charge is 0.314 e. The van der Waals surface area contributed by atoms with E-state index in [1.54, 1.807) is 19.1 Å². The molecule has 0 fully saturated rings. The lowest BCUT2D eigenvalue weighted by Crippen LogP contribution is -2.01. The minimum Gasteiger partial charge on any atom is -0.482 e. The molecule has 0 spiro atoms. The molecular weight excluding hydrogens is 310 g/mol. The Balaban J connectivity index is 2.26. The lowest BCUT2D eigenvalue weighted by atomic mass is 10.2. The Bertz CT molecular complexity index is 599. The molecule has 0 N–H and O–H groups in total. The standard InChI is InChI=1S/C14H12BrNO3/c1-10-12(15)7-8-13(14(10)16(17)18)19-9-11-5-3-2-4-6-11/h2-8H,9H2,1H3. The highest BCUT2D eigenvalue weighted by atomic mass is 79.9. The summed E-state index contributed by atoms with van der Waals surface area (Å²) in [5.74, 6) is 0.287. The fraction of sp³-hybridized carbons (Fsp3) is 0.143. The number of nitrogens with zero attached hydrogens (tertiary/aromatic N) is 1. The van der Waals surface area contributed by atoms with E-state index in [1.807, 2.05) is 30.3 Å². The van der Waals surface area contributed by atoms with Crippen molar-refractivity contribution in [2.45, 2.75) is 13.5 Å². The van der Waals surface area contributed by atoms with E-state index in [9.17, 15) is 10.1 Å². The number of nitro benzene ring substituents is 1. The molecule has 0 aliphatic rings. The molecule has 0 aromatic heterocycles. The van der Waals surface area contributed by atoms with Crippen LogP contribution in [0.2, 0.25) is 0 Å². The third kappa shape index (κ3) is 3.12. The zero-order valence-corrected chi connectivity index (χ0v) is 11.9. The van der Waals surface area contributed by atoms with Gasteiger partial charge in [-0.3, -0.25) is 10.1 Å². The van der Waals surface area contributed by atoms with Gasteiger partial charge in [0.05, 0.1) is 4.92 Å². The fourth-order valence-corrected chi connectivity index (χ4v) is 2.05. The topological polar surface area (TPSA) is 52.4 Å². The quantitative estimate of drug-likeness (QED) is 0.625. The van der Waals surface area contributed by atoms with Crippen LogP contribution in [0, 0.1) is 17.0 Å². The molecule has 2 aromatic rings. The van der Waals surface area contributed by atoms with Crippen LogP contribution in [0.3, 0.4) is 0 Å². The molecule has 4 nitrogen and oxygen atoms in total. The first-order valence-electron chi connectivity index (χ1n) is 5.70. The molecule has 2 rings (SSSR count). The SMILES string of the molecule is Cc1c(Br)ccc(OCc2ccccc2)c1[N+](=O)[O-]. The van der Waals surface area contributed by atoms with Crippen molar-refractivity contribution in [3.8, 4) is 5.75 Å². The summed E-state index contributed by atoms with van der Waals surface area (Å²) in [6.07, 6.45) is 0. The number of ether oxygens (including phenoxy) is 1. The van der Waals surface area contributed by atoms with Gasteiger partial charge in [0.25, 0.3) is 0 Å². The first-order chi connectivity index (χ1) is 9.09. The van der Waals surface area contributed by atoms with Gasteiger partial charge in [-0.1, -0.05) is 46.3 Å². The van der Waals surface area contributed by atoms with Crippen LogP contribution in [-0.2, 0) is 6.61 Å². The van der Waals surface area contributed by atoms with Gasteiger partial charge in [0.15, 0.2) is 5.75 Å². The Labute approximate surface area is 119 Å². The molecule has 19 heavy (non-hydrogen) atoms. The second-order valence-corrected chi connectivity index (χ2v) is 4.90. The normalized spacial score (nSPS) is 10.2. The van der Waals surface area contributed by atoms with Crippen molar-refractivity contribution in [1.82, 2.24) is 0 Å². The van der Waals surface area contributed by atoms with Crippen molar-refractivity contribution in [2.24, 2.45) is 0 Å². The van der Waals surface area contributed by atoms with Gasteiger partial charge in [-0.15, -0.1) is 0 Å². The lowest BCUT2D eigenvalue weighted by Gasteiger charge is -2.09. The van der Waals surface area contributed by atoms with Crippen molar-refractivity contribution in [3.05, 3.63) is 68.2 Å². The molecule has 0 amide bonds. The molecule has 2 aromatic carbocycles. The number of hydrogen-bond donors (Lipinski definition) is 0. The Morgan fingerprint density at radius 3 is 2.53 bits per heavy atom. The third-order valence-electron chi connectivity index (χ3n) is 2.75. The first-order valence-corrected chi connectivity index (χ1v) is 6.49. The highest BCUT2D eigenvalue weighted by Gasteiger charge is 2.20. The lowest BCUT2D eigenvalue weighted by molar-refractivity contribution is -0.386. The number of halogens is 1. The van der Waals surface area contributed by atoms with E-state index in [1.165, 1.54) is 0 Å². The van der Waals surface area contributed by atoms with E-state index in [0.717, 1.165) is 5.56 Å². The van der Waals surface area contributed by atoms with E-state index in [-0.39, 0.29) is 11.4 Å². The van der Waals surface area contributed by atoms with Crippen molar-refractivity contribution >= 4 is 21.6 Å². The van der Waals surface area contributed by atoms with Crippen LogP contribution in [0.15, 0.2) is 46.9 Å². The number of rotatable bonds is 4. The molecule has 0 atom stereocenters. The Morgan fingerprint density at radius 1 is 1.21 bits per heavy atom. The highest BCUT2D eigenvalue weighted by Crippen LogP contribution is 2.35. The second-order valence-electron chi connectivity index (χ2n) is 4.05. The first kappa shape index (κ1) is 13.5. The van der Waals surface area contributed by atoms with Crippen LogP contribution < -0.4 is 4.74 Å². The summed E-state index contributed by atoms with van der Waals surface area (Å²) >= 11 is 3.28. The molecule has 98 valence electrons. The van der Waals surface area contributed by atoms with Crippen molar-refractivity contribution < 1.29 is 9.66 Å². The molecule has 0 radical (unpaired) electrons. The zero-order chi connectivity index (χ0) is 13.8. The molecule has 0 bridgehead atoms. The number of nitro groups is 1. The van der Waals surface area contributed by atoms with E-state index < -0.39 is 4.92 Å². The monoisotopic (exact) mass is 321 g/mol. The molecule has 0 aliphatic heterocycles. The van der Waals surface area contributed by atoms with Gasteiger partial charge >= 0.3 is 5.69 Å². The molecule has 0 unspecified atom stereocenters. The summed E-state index contributed by atoms with van der Waals surface area (Å²) in [6.45, 7) is 2.00. The van der Waals surface area contributed by atoms with Crippen molar-refractivity contribution in [1.29, 1.82) is 0 Å². The van der Waals surface area contributed by atoms with Crippen LogP contribution in [0.5, 0.6) is 5.75 Å². The van der Waals surface area contributed by atoms with Gasteiger partial charge in [-0.25, -0.2) is 0 Å². The number of benzene rings is 2. The maximum absolute atomic E-state index is 11.1. The summed E-state index contributed by atoms with van der Waals surface area (Å²) < 4.78 is 6.26. The maximum Gasteiger partial charge on any atom is 0.314 e. The average molecular weight is 322 g/mol. The van der Waals surface area contributed by atoms with Crippen LogP contribution in [0.25, 0.3) is 0 Å². The van der Waals surface area contributed by atoms with E-state index in [4.69, 9.17) is 4.74 Å². The Hall–Kier alpha value is -1.88. The van der Waals surface area contributed by atoms with E-state index >= 15 is 0 Å². The second kappa shape index (κ2) is 5.84. The largest absolute Gasteiger partial charge is 0.482 e. The summed E-state index contributed by atoms with van der Waals surface area (Å²) in [5.41, 5.74) is 1.54. The van der Waals surface area contributed by atoms with Gasteiger partial charge in [-0.05, 0) is 24.6 Å². The zero-order valence-electron chi connectivity index (χ0n) is 10.3. The third-order valence-corrected chi connectivity index (χ3v) is 3.61.